The van der Waals surface area contributed by atoms with E-state index in [2.05, 4.69) is 42.7 Å². The molecule has 132 valence electrons. The fourth-order valence-electron chi connectivity index (χ4n) is 3.39. The normalized spacial score (nSPS) is 21.8. The SMILES string of the molecule is Cc1ccc(CC(C)NC(=O)NC2CCC(C(=O)O)CC2)c(C)c1. The summed E-state index contributed by atoms with van der Waals surface area (Å²) in [5.41, 5.74) is 3.73. The first-order chi connectivity index (χ1) is 11.3. The lowest BCUT2D eigenvalue weighted by molar-refractivity contribution is -0.142. The minimum atomic E-state index is -0.722. The Kier molecular flexibility index (Phi) is 6.23. The molecule has 1 fully saturated rings. The third-order valence-electron chi connectivity index (χ3n) is 4.81. The fourth-order valence-corrected chi connectivity index (χ4v) is 3.39. The number of hydrogen-bond acceptors (Lipinski definition) is 2. The van der Waals surface area contributed by atoms with E-state index in [1.54, 1.807) is 0 Å². The van der Waals surface area contributed by atoms with Gasteiger partial charge in [-0.1, -0.05) is 23.8 Å². The van der Waals surface area contributed by atoms with Gasteiger partial charge in [-0.25, -0.2) is 4.79 Å². The third-order valence-corrected chi connectivity index (χ3v) is 4.81. The highest BCUT2D eigenvalue weighted by Crippen LogP contribution is 2.24. The first-order valence-corrected chi connectivity index (χ1v) is 8.71. The molecule has 0 saturated heterocycles. The number of carbonyl (C=O) groups excluding carboxylic acids is 1. The molecule has 0 aliphatic heterocycles. The Bertz CT molecular complexity index is 592. The van der Waals surface area contributed by atoms with E-state index in [9.17, 15) is 9.59 Å². The van der Waals surface area contributed by atoms with Crippen LogP contribution >= 0.6 is 0 Å². The molecule has 1 aromatic carbocycles. The molecule has 2 amide bonds. The van der Waals surface area contributed by atoms with Crippen LogP contribution in [0.5, 0.6) is 0 Å². The number of benzene rings is 1. The zero-order chi connectivity index (χ0) is 17.7. The Morgan fingerprint density at radius 2 is 1.88 bits per heavy atom. The van der Waals surface area contributed by atoms with Gasteiger partial charge in [-0.15, -0.1) is 0 Å². The summed E-state index contributed by atoms with van der Waals surface area (Å²) in [6.07, 6.45) is 3.54. The van der Waals surface area contributed by atoms with Gasteiger partial charge in [0.1, 0.15) is 0 Å². The lowest BCUT2D eigenvalue weighted by Crippen LogP contribution is -2.47. The zero-order valence-corrected chi connectivity index (χ0v) is 14.8. The largest absolute Gasteiger partial charge is 0.481 e. The van der Waals surface area contributed by atoms with Crippen LogP contribution in [0.2, 0.25) is 0 Å². The third kappa shape index (κ3) is 5.25. The van der Waals surface area contributed by atoms with E-state index in [4.69, 9.17) is 5.11 Å². The standard InChI is InChI=1S/C19H28N2O3/c1-12-4-5-16(13(2)10-12)11-14(3)20-19(24)21-17-8-6-15(7-9-17)18(22)23/h4-5,10,14-15,17H,6-9,11H2,1-3H3,(H,22,23)(H2,20,21,24). The predicted octanol–water partition coefficient (Wildman–Crippen LogP) is 3.18. The Morgan fingerprint density at radius 1 is 1.21 bits per heavy atom. The molecule has 0 spiro atoms. The van der Waals surface area contributed by atoms with Crippen molar-refractivity contribution in [3.05, 3.63) is 34.9 Å². The van der Waals surface area contributed by atoms with Crippen molar-refractivity contribution in [3.63, 3.8) is 0 Å². The molecule has 1 saturated carbocycles. The maximum atomic E-state index is 12.1. The highest BCUT2D eigenvalue weighted by atomic mass is 16.4. The Morgan fingerprint density at radius 3 is 2.46 bits per heavy atom. The molecule has 24 heavy (non-hydrogen) atoms. The number of carboxylic acids is 1. The van der Waals surface area contributed by atoms with Crippen molar-refractivity contribution in [2.24, 2.45) is 5.92 Å². The first kappa shape index (κ1) is 18.3. The van der Waals surface area contributed by atoms with Gasteiger partial charge in [0.15, 0.2) is 0 Å². The first-order valence-electron chi connectivity index (χ1n) is 8.71. The molecule has 1 aliphatic carbocycles. The Balaban J connectivity index is 1.77. The van der Waals surface area contributed by atoms with Gasteiger partial charge in [-0.05, 0) is 64.0 Å². The highest BCUT2D eigenvalue weighted by molar-refractivity contribution is 5.74. The van der Waals surface area contributed by atoms with Crippen LogP contribution in [0.15, 0.2) is 18.2 Å². The van der Waals surface area contributed by atoms with Crippen LogP contribution in [0.25, 0.3) is 0 Å². The van der Waals surface area contributed by atoms with Crippen molar-refractivity contribution in [1.82, 2.24) is 10.6 Å². The van der Waals surface area contributed by atoms with Crippen molar-refractivity contribution in [2.75, 3.05) is 0 Å². The van der Waals surface area contributed by atoms with Crippen molar-refractivity contribution in [1.29, 1.82) is 0 Å². The van der Waals surface area contributed by atoms with E-state index >= 15 is 0 Å². The predicted molar refractivity (Wildman–Crippen MR) is 94.1 cm³/mol. The van der Waals surface area contributed by atoms with Crippen molar-refractivity contribution < 1.29 is 14.7 Å². The maximum absolute atomic E-state index is 12.1. The van der Waals surface area contributed by atoms with Gasteiger partial charge in [-0.2, -0.15) is 0 Å². The number of carbonyl (C=O) groups is 2. The quantitative estimate of drug-likeness (QED) is 0.775. The molecule has 1 aromatic rings. The van der Waals surface area contributed by atoms with Crippen molar-refractivity contribution >= 4 is 12.0 Å². The van der Waals surface area contributed by atoms with Gasteiger partial charge in [-0.3, -0.25) is 4.79 Å². The minimum absolute atomic E-state index is 0.0433. The fraction of sp³-hybridized carbons (Fsp3) is 0.579. The van der Waals surface area contributed by atoms with E-state index in [0.29, 0.717) is 12.8 Å². The summed E-state index contributed by atoms with van der Waals surface area (Å²) < 4.78 is 0. The molecule has 5 nitrogen and oxygen atoms in total. The molecule has 2 rings (SSSR count). The van der Waals surface area contributed by atoms with Crippen LogP contribution in [0.1, 0.15) is 49.3 Å². The highest BCUT2D eigenvalue weighted by Gasteiger charge is 2.26. The zero-order valence-electron chi connectivity index (χ0n) is 14.8. The monoisotopic (exact) mass is 332 g/mol. The number of rotatable bonds is 5. The second kappa shape index (κ2) is 8.18. The molecular weight excluding hydrogens is 304 g/mol. The molecule has 0 bridgehead atoms. The molecule has 5 heteroatoms. The second-order valence-corrected chi connectivity index (χ2v) is 7.04. The molecular formula is C19H28N2O3. The minimum Gasteiger partial charge on any atom is -0.481 e. The van der Waals surface area contributed by atoms with Crippen molar-refractivity contribution in [3.8, 4) is 0 Å². The lowest BCUT2D eigenvalue weighted by Gasteiger charge is -2.27. The summed E-state index contributed by atoms with van der Waals surface area (Å²) in [5, 5.41) is 15.0. The van der Waals surface area contributed by atoms with Crippen LogP contribution in [0, 0.1) is 19.8 Å². The van der Waals surface area contributed by atoms with Crippen LogP contribution in [-0.2, 0) is 11.2 Å². The van der Waals surface area contributed by atoms with E-state index in [1.165, 1.54) is 16.7 Å². The summed E-state index contributed by atoms with van der Waals surface area (Å²) in [6, 6.07) is 6.33. The summed E-state index contributed by atoms with van der Waals surface area (Å²) in [5.74, 6) is -0.977. The summed E-state index contributed by atoms with van der Waals surface area (Å²) in [6.45, 7) is 6.17. The van der Waals surface area contributed by atoms with E-state index in [1.807, 2.05) is 6.92 Å². The summed E-state index contributed by atoms with van der Waals surface area (Å²) in [4.78, 5) is 23.1. The van der Waals surface area contributed by atoms with Gasteiger partial charge in [0.05, 0.1) is 5.92 Å². The van der Waals surface area contributed by atoms with Gasteiger partial charge in [0, 0.05) is 12.1 Å². The average Bonchev–Trinajstić information content (AvgIpc) is 2.50. The second-order valence-electron chi connectivity index (χ2n) is 7.04. The molecule has 0 radical (unpaired) electrons. The average molecular weight is 332 g/mol. The lowest BCUT2D eigenvalue weighted by atomic mass is 9.86. The maximum Gasteiger partial charge on any atom is 0.315 e. The summed E-state index contributed by atoms with van der Waals surface area (Å²) in [7, 11) is 0. The van der Waals surface area contributed by atoms with Crippen LogP contribution in [0.3, 0.4) is 0 Å². The van der Waals surface area contributed by atoms with E-state index in [-0.39, 0.29) is 24.0 Å². The van der Waals surface area contributed by atoms with E-state index < -0.39 is 5.97 Å². The van der Waals surface area contributed by atoms with E-state index in [0.717, 1.165) is 19.3 Å². The molecule has 0 aromatic heterocycles. The Labute approximate surface area is 143 Å². The molecule has 1 unspecified atom stereocenters. The van der Waals surface area contributed by atoms with Crippen LogP contribution in [-0.4, -0.2) is 29.2 Å². The topological polar surface area (TPSA) is 78.4 Å². The number of urea groups is 1. The van der Waals surface area contributed by atoms with Crippen LogP contribution in [0.4, 0.5) is 4.79 Å². The summed E-state index contributed by atoms with van der Waals surface area (Å²) >= 11 is 0. The number of nitrogens with one attached hydrogen (secondary N) is 2. The van der Waals surface area contributed by atoms with Crippen molar-refractivity contribution in [2.45, 2.75) is 65.0 Å². The molecule has 3 N–H and O–H groups in total. The molecule has 0 heterocycles. The van der Waals surface area contributed by atoms with Gasteiger partial charge >= 0.3 is 12.0 Å². The van der Waals surface area contributed by atoms with Crippen LogP contribution < -0.4 is 10.6 Å². The number of aliphatic carboxylic acids is 1. The number of hydrogen-bond donors (Lipinski definition) is 3. The molecule has 1 aliphatic rings. The number of aryl methyl sites for hydroxylation is 2. The number of amides is 2. The van der Waals surface area contributed by atoms with Gasteiger partial charge in [0.2, 0.25) is 0 Å². The van der Waals surface area contributed by atoms with Gasteiger partial charge in [0.25, 0.3) is 0 Å². The number of carboxylic acid groups (broad SMARTS) is 1. The smallest absolute Gasteiger partial charge is 0.315 e. The molecule has 1 atom stereocenters. The Hall–Kier alpha value is -2.04. The van der Waals surface area contributed by atoms with Gasteiger partial charge < -0.3 is 15.7 Å².